The molecular weight excluding hydrogens is 207 g/mol. The van der Waals surface area contributed by atoms with Gasteiger partial charge in [-0.05, 0) is 12.8 Å². The van der Waals surface area contributed by atoms with Crippen LogP contribution < -0.4 is 56.5 Å². The molecule has 0 saturated carbocycles. The molecule has 1 N–H and O–H groups in total. The minimum atomic E-state index is -0.350. The van der Waals surface area contributed by atoms with Crippen molar-refractivity contribution < 1.29 is 66.3 Å². The van der Waals surface area contributed by atoms with Crippen molar-refractivity contribution in [3.8, 4) is 0 Å². The molecule has 82 valence electrons. The van der Waals surface area contributed by atoms with Gasteiger partial charge in [-0.2, -0.15) is 0 Å². The molecule has 1 saturated heterocycles. The first-order chi connectivity index (χ1) is 6.31. The van der Waals surface area contributed by atoms with Crippen LogP contribution in [0.1, 0.15) is 39.5 Å². The number of rotatable bonds is 0. The van der Waals surface area contributed by atoms with E-state index in [2.05, 4.69) is 13.8 Å². The van der Waals surface area contributed by atoms with E-state index in [1.807, 2.05) is 0 Å². The molecule has 1 aliphatic heterocycles. The average Bonchev–Trinajstić information content (AvgIpc) is 2.38. The van der Waals surface area contributed by atoms with Crippen molar-refractivity contribution in [3.63, 3.8) is 0 Å². The monoisotopic (exact) mass is 230 g/mol. The van der Waals surface area contributed by atoms with Crippen LogP contribution in [0.3, 0.4) is 0 Å². The van der Waals surface area contributed by atoms with Gasteiger partial charge in [-0.25, -0.2) is 0 Å². The van der Waals surface area contributed by atoms with Crippen LogP contribution in [0.4, 0.5) is 0 Å². The zero-order valence-corrected chi connectivity index (χ0v) is 13.2. The van der Waals surface area contributed by atoms with Gasteiger partial charge in [-0.1, -0.05) is 26.7 Å². The third-order valence-corrected chi connectivity index (χ3v) is 1.40. The van der Waals surface area contributed by atoms with Crippen LogP contribution >= 0.6 is 0 Å². The second-order valence-electron chi connectivity index (χ2n) is 2.87. The maximum Gasteiger partial charge on any atom is 1.00 e. The van der Waals surface area contributed by atoms with Gasteiger partial charge >= 0.3 is 51.4 Å². The van der Waals surface area contributed by atoms with E-state index < -0.39 is 0 Å². The fourth-order valence-electron chi connectivity index (χ4n) is 0.874. The Morgan fingerprint density at radius 3 is 2.21 bits per heavy atom. The standard InChI is InChI=1S/C6H11O2.C3H8.CH4O.K/c7-6-2-1-4-8-5-3-6;1-3-2;1-2;/h6H,1-5H2;3H2,1-2H3;2H,1H3;/q-1;;;+1. The fraction of sp³-hybridized carbons (Fsp3) is 1.00. The van der Waals surface area contributed by atoms with Gasteiger partial charge in [-0.15, -0.1) is 6.10 Å². The number of hydrogen-bond acceptors (Lipinski definition) is 3. The van der Waals surface area contributed by atoms with E-state index in [0.29, 0.717) is 13.0 Å². The Kier molecular flexibility index (Phi) is 29.8. The Hall–Kier alpha value is 1.52. The van der Waals surface area contributed by atoms with Crippen molar-refractivity contribution >= 4 is 0 Å². The molecule has 1 aliphatic rings. The SMILES string of the molecule is CCC.CO.[K+].[O-]C1CCCOCC1. The molecule has 4 heteroatoms. The zero-order valence-electron chi connectivity index (χ0n) is 10.1. The summed E-state index contributed by atoms with van der Waals surface area (Å²) in [7, 11) is 1.00. The van der Waals surface area contributed by atoms with Crippen LogP contribution in [0.2, 0.25) is 0 Å². The summed E-state index contributed by atoms with van der Waals surface area (Å²) in [5.74, 6) is 0. The minimum absolute atomic E-state index is 0. The first-order valence-electron chi connectivity index (χ1n) is 4.99. The summed E-state index contributed by atoms with van der Waals surface area (Å²) in [6, 6.07) is 0. The Bertz CT molecular complexity index is 73.8. The van der Waals surface area contributed by atoms with Crippen molar-refractivity contribution in [1.82, 2.24) is 0 Å². The average molecular weight is 230 g/mol. The summed E-state index contributed by atoms with van der Waals surface area (Å²) in [6.45, 7) is 5.72. The van der Waals surface area contributed by atoms with Crippen LogP contribution in [-0.4, -0.2) is 31.5 Å². The minimum Gasteiger partial charge on any atom is -0.852 e. The van der Waals surface area contributed by atoms with Crippen LogP contribution in [0.15, 0.2) is 0 Å². The maximum absolute atomic E-state index is 10.7. The number of aliphatic hydroxyl groups excluding tert-OH is 1. The summed E-state index contributed by atoms with van der Waals surface area (Å²) in [4.78, 5) is 0. The molecule has 1 fully saturated rings. The van der Waals surface area contributed by atoms with Crippen LogP contribution in [0, 0.1) is 0 Å². The van der Waals surface area contributed by atoms with Crippen molar-refractivity contribution in [3.05, 3.63) is 0 Å². The molecule has 0 aromatic heterocycles. The van der Waals surface area contributed by atoms with Crippen LogP contribution in [0.5, 0.6) is 0 Å². The number of ether oxygens (including phenoxy) is 1. The normalized spacial score (nSPS) is 19.9. The molecule has 0 aromatic rings. The van der Waals surface area contributed by atoms with Crippen LogP contribution in [0.25, 0.3) is 0 Å². The molecule has 0 aromatic carbocycles. The Morgan fingerprint density at radius 2 is 1.71 bits per heavy atom. The van der Waals surface area contributed by atoms with Gasteiger partial charge in [0.15, 0.2) is 0 Å². The number of aliphatic hydroxyl groups is 1. The molecule has 1 unspecified atom stereocenters. The van der Waals surface area contributed by atoms with Crippen molar-refractivity contribution in [2.45, 2.75) is 45.6 Å². The predicted octanol–water partition coefficient (Wildman–Crippen LogP) is -2.06. The van der Waals surface area contributed by atoms with E-state index >= 15 is 0 Å². The molecule has 0 amide bonds. The van der Waals surface area contributed by atoms with Gasteiger partial charge in [-0.3, -0.25) is 0 Å². The van der Waals surface area contributed by atoms with E-state index in [0.717, 1.165) is 26.6 Å². The van der Waals surface area contributed by atoms with Crippen molar-refractivity contribution in [1.29, 1.82) is 0 Å². The fourth-order valence-corrected chi connectivity index (χ4v) is 0.874. The molecule has 1 atom stereocenters. The van der Waals surface area contributed by atoms with Gasteiger partial charge in [0, 0.05) is 20.3 Å². The third kappa shape index (κ3) is 19.1. The second-order valence-corrected chi connectivity index (χ2v) is 2.87. The molecule has 0 spiro atoms. The molecule has 0 aliphatic carbocycles. The second kappa shape index (κ2) is 20.0. The van der Waals surface area contributed by atoms with Crippen molar-refractivity contribution in [2.75, 3.05) is 20.3 Å². The first-order valence-corrected chi connectivity index (χ1v) is 4.99. The summed E-state index contributed by atoms with van der Waals surface area (Å²) in [6.07, 6.45) is 3.37. The van der Waals surface area contributed by atoms with Gasteiger partial charge in [0.05, 0.1) is 0 Å². The van der Waals surface area contributed by atoms with E-state index in [-0.39, 0.29) is 57.5 Å². The predicted molar refractivity (Wildman–Crippen MR) is 52.6 cm³/mol. The third-order valence-electron chi connectivity index (χ3n) is 1.40. The van der Waals surface area contributed by atoms with E-state index in [1.54, 1.807) is 0 Å². The summed E-state index contributed by atoms with van der Waals surface area (Å²) >= 11 is 0. The Morgan fingerprint density at radius 1 is 1.21 bits per heavy atom. The maximum atomic E-state index is 10.7. The largest absolute Gasteiger partial charge is 1.00 e. The van der Waals surface area contributed by atoms with Gasteiger partial charge in [0.2, 0.25) is 0 Å². The molecule has 0 bridgehead atoms. The molecule has 3 nitrogen and oxygen atoms in total. The quantitative estimate of drug-likeness (QED) is 0.487. The summed E-state index contributed by atoms with van der Waals surface area (Å²) < 4.78 is 5.06. The van der Waals surface area contributed by atoms with E-state index in [1.165, 1.54) is 6.42 Å². The van der Waals surface area contributed by atoms with E-state index in [4.69, 9.17) is 9.84 Å². The van der Waals surface area contributed by atoms with Gasteiger partial charge < -0.3 is 14.9 Å². The summed E-state index contributed by atoms with van der Waals surface area (Å²) in [5, 5.41) is 17.7. The molecule has 1 rings (SSSR count). The van der Waals surface area contributed by atoms with Gasteiger partial charge in [0.1, 0.15) is 0 Å². The molecule has 0 radical (unpaired) electrons. The smallest absolute Gasteiger partial charge is 0.852 e. The Labute approximate surface area is 131 Å². The number of hydrogen-bond donors (Lipinski definition) is 1. The summed E-state index contributed by atoms with van der Waals surface area (Å²) in [5.41, 5.74) is 0. The van der Waals surface area contributed by atoms with Crippen molar-refractivity contribution in [2.24, 2.45) is 0 Å². The zero-order chi connectivity index (χ0) is 10.5. The van der Waals surface area contributed by atoms with Crippen LogP contribution in [-0.2, 0) is 4.74 Å². The molecule has 14 heavy (non-hydrogen) atoms. The first kappa shape index (κ1) is 20.9. The molecule has 1 heterocycles. The topological polar surface area (TPSA) is 52.5 Å². The Balaban J connectivity index is -0.000000176. The van der Waals surface area contributed by atoms with E-state index in [9.17, 15) is 5.11 Å². The molecular formula is C10H23KO3. The van der Waals surface area contributed by atoms with Gasteiger partial charge in [0.25, 0.3) is 0 Å².